The van der Waals surface area contributed by atoms with E-state index in [2.05, 4.69) is 37.0 Å². The van der Waals surface area contributed by atoms with E-state index in [0.29, 0.717) is 5.56 Å². The predicted molar refractivity (Wildman–Crippen MR) is 69.0 cm³/mol. The Morgan fingerprint density at radius 1 is 1.38 bits per heavy atom. The Bertz CT molecular complexity index is 549. The number of ketones is 1. The molecule has 0 radical (unpaired) electrons. The molecule has 2 rings (SSSR count). The van der Waals surface area contributed by atoms with Crippen LogP contribution >= 0.6 is 31.9 Å². The number of benzene rings is 1. The van der Waals surface area contributed by atoms with Crippen LogP contribution in [0.25, 0.3) is 5.69 Å². The van der Waals surface area contributed by atoms with E-state index in [1.165, 1.54) is 0 Å². The second kappa shape index (κ2) is 4.51. The van der Waals surface area contributed by atoms with Gasteiger partial charge in [-0.05, 0) is 57.0 Å². The predicted octanol–water partition coefficient (Wildman–Crippen LogP) is 3.60. The molecule has 0 saturated heterocycles. The molecule has 16 heavy (non-hydrogen) atoms. The highest BCUT2D eigenvalue weighted by Gasteiger charge is 2.07. The van der Waals surface area contributed by atoms with Gasteiger partial charge < -0.3 is 0 Å². The third-order valence-electron chi connectivity index (χ3n) is 2.15. The van der Waals surface area contributed by atoms with Crippen LogP contribution in [0.5, 0.6) is 0 Å². The molecule has 0 unspecified atom stereocenters. The smallest absolute Gasteiger partial charge is 0.160 e. The lowest BCUT2D eigenvalue weighted by Gasteiger charge is -2.04. The molecule has 0 fully saturated rings. The minimum Gasteiger partial charge on any atom is -0.294 e. The Morgan fingerprint density at radius 2 is 2.12 bits per heavy atom. The van der Waals surface area contributed by atoms with Crippen molar-refractivity contribution in [1.82, 2.24) is 9.78 Å². The van der Waals surface area contributed by atoms with Gasteiger partial charge in [0.05, 0.1) is 16.4 Å². The maximum atomic E-state index is 11.3. The summed E-state index contributed by atoms with van der Waals surface area (Å²) >= 11 is 6.71. The number of rotatable bonds is 2. The molecule has 0 bridgehead atoms. The maximum Gasteiger partial charge on any atom is 0.160 e. The second-order valence-corrected chi connectivity index (χ2v) is 5.09. The first-order chi connectivity index (χ1) is 7.58. The molecule has 0 aliphatic carbocycles. The molecule has 0 spiro atoms. The number of hydrogen-bond acceptors (Lipinski definition) is 2. The Morgan fingerprint density at radius 3 is 2.62 bits per heavy atom. The van der Waals surface area contributed by atoms with Crippen molar-refractivity contribution in [2.45, 2.75) is 6.92 Å². The Hall–Kier alpha value is -0.940. The number of carbonyl (C=O) groups excluding carboxylic acids is 1. The molecule has 1 aromatic carbocycles. The van der Waals surface area contributed by atoms with Crippen LogP contribution < -0.4 is 0 Å². The molecule has 0 atom stereocenters. The summed E-state index contributed by atoms with van der Waals surface area (Å²) in [5, 5.41) is 4.17. The molecule has 3 nitrogen and oxygen atoms in total. The van der Waals surface area contributed by atoms with E-state index in [9.17, 15) is 4.79 Å². The van der Waals surface area contributed by atoms with Gasteiger partial charge in [-0.15, -0.1) is 0 Å². The molecule has 0 amide bonds. The van der Waals surface area contributed by atoms with E-state index in [4.69, 9.17) is 0 Å². The molecule has 0 aliphatic rings. The minimum absolute atomic E-state index is 0.0417. The van der Waals surface area contributed by atoms with Gasteiger partial charge in [0.1, 0.15) is 0 Å². The number of Topliss-reactive ketones (excluding diaryl/α,β-unsaturated/α-hetero) is 1. The molecule has 5 heteroatoms. The molecular formula is C11H8Br2N2O. The van der Waals surface area contributed by atoms with Crippen LogP contribution in [0.1, 0.15) is 17.3 Å². The van der Waals surface area contributed by atoms with Crippen molar-refractivity contribution >= 4 is 37.6 Å². The quantitative estimate of drug-likeness (QED) is 0.781. The monoisotopic (exact) mass is 342 g/mol. The number of halogens is 2. The summed E-state index contributed by atoms with van der Waals surface area (Å²) in [6.07, 6.45) is 3.57. The van der Waals surface area contributed by atoms with Gasteiger partial charge in [-0.3, -0.25) is 4.79 Å². The highest BCUT2D eigenvalue weighted by Crippen LogP contribution is 2.21. The van der Waals surface area contributed by atoms with Gasteiger partial charge in [0, 0.05) is 16.2 Å². The molecule has 1 aromatic heterocycles. The molecule has 1 heterocycles. The summed E-state index contributed by atoms with van der Waals surface area (Å²) in [7, 11) is 0. The molecule has 0 N–H and O–H groups in total. The molecular weight excluding hydrogens is 336 g/mol. The summed E-state index contributed by atoms with van der Waals surface area (Å²) in [4.78, 5) is 11.3. The van der Waals surface area contributed by atoms with Crippen molar-refractivity contribution in [2.24, 2.45) is 0 Å². The summed E-state index contributed by atoms with van der Waals surface area (Å²) in [6, 6.07) is 5.52. The Balaban J connectivity index is 2.45. The zero-order valence-corrected chi connectivity index (χ0v) is 11.6. The highest BCUT2D eigenvalue weighted by molar-refractivity contribution is 9.10. The lowest BCUT2D eigenvalue weighted by Crippen LogP contribution is -1.98. The van der Waals surface area contributed by atoms with E-state index < -0.39 is 0 Å². The molecule has 0 aliphatic heterocycles. The van der Waals surface area contributed by atoms with E-state index in [-0.39, 0.29) is 5.78 Å². The van der Waals surface area contributed by atoms with Crippen molar-refractivity contribution in [2.75, 3.05) is 0 Å². The van der Waals surface area contributed by atoms with Crippen LogP contribution in [-0.2, 0) is 0 Å². The van der Waals surface area contributed by atoms with Gasteiger partial charge in [-0.1, -0.05) is 0 Å². The SMILES string of the molecule is CC(=O)c1ccc(-n2cc(Br)cn2)cc1Br. The van der Waals surface area contributed by atoms with Crippen molar-refractivity contribution in [3.63, 3.8) is 0 Å². The van der Waals surface area contributed by atoms with Crippen molar-refractivity contribution in [3.8, 4) is 5.69 Å². The summed E-state index contributed by atoms with van der Waals surface area (Å²) < 4.78 is 3.43. The van der Waals surface area contributed by atoms with Crippen molar-refractivity contribution in [1.29, 1.82) is 0 Å². The van der Waals surface area contributed by atoms with Crippen LogP contribution in [0, 0.1) is 0 Å². The van der Waals surface area contributed by atoms with Gasteiger partial charge >= 0.3 is 0 Å². The summed E-state index contributed by atoms with van der Waals surface area (Å²) in [6.45, 7) is 1.55. The highest BCUT2D eigenvalue weighted by atomic mass is 79.9. The first-order valence-electron chi connectivity index (χ1n) is 4.59. The first-order valence-corrected chi connectivity index (χ1v) is 6.17. The average molecular weight is 344 g/mol. The van der Waals surface area contributed by atoms with Gasteiger partial charge in [0.25, 0.3) is 0 Å². The van der Waals surface area contributed by atoms with E-state index in [0.717, 1.165) is 14.6 Å². The normalized spacial score (nSPS) is 10.4. The lowest BCUT2D eigenvalue weighted by molar-refractivity contribution is 0.101. The third-order valence-corrected chi connectivity index (χ3v) is 3.21. The van der Waals surface area contributed by atoms with E-state index in [1.807, 2.05) is 18.3 Å². The van der Waals surface area contributed by atoms with E-state index in [1.54, 1.807) is 23.9 Å². The second-order valence-electron chi connectivity index (χ2n) is 3.32. The third kappa shape index (κ3) is 2.25. The number of carbonyl (C=O) groups is 1. The fraction of sp³-hybridized carbons (Fsp3) is 0.0909. The lowest BCUT2D eigenvalue weighted by atomic mass is 10.1. The fourth-order valence-electron chi connectivity index (χ4n) is 1.37. The van der Waals surface area contributed by atoms with Crippen molar-refractivity contribution in [3.05, 3.63) is 45.1 Å². The van der Waals surface area contributed by atoms with Gasteiger partial charge in [-0.25, -0.2) is 4.68 Å². The summed E-state index contributed by atoms with van der Waals surface area (Å²) in [5.41, 5.74) is 1.58. The molecule has 2 aromatic rings. The largest absolute Gasteiger partial charge is 0.294 e. The van der Waals surface area contributed by atoms with E-state index >= 15 is 0 Å². The standard InChI is InChI=1S/C11H8Br2N2O/c1-7(16)10-3-2-9(4-11(10)13)15-6-8(12)5-14-15/h2-6H,1H3. The van der Waals surface area contributed by atoms with Crippen LogP contribution in [0.15, 0.2) is 39.5 Å². The topological polar surface area (TPSA) is 34.9 Å². The average Bonchev–Trinajstić information content (AvgIpc) is 2.64. The van der Waals surface area contributed by atoms with Crippen molar-refractivity contribution < 1.29 is 4.79 Å². The van der Waals surface area contributed by atoms with Gasteiger partial charge in [0.2, 0.25) is 0 Å². The van der Waals surface area contributed by atoms with Crippen LogP contribution in [-0.4, -0.2) is 15.6 Å². The molecule has 0 saturated carbocycles. The molecule has 82 valence electrons. The van der Waals surface area contributed by atoms with Gasteiger partial charge in [-0.2, -0.15) is 5.10 Å². The number of aromatic nitrogens is 2. The minimum atomic E-state index is 0.0417. The van der Waals surface area contributed by atoms with Crippen LogP contribution in [0.2, 0.25) is 0 Å². The Labute approximate surface area is 110 Å². The summed E-state index contributed by atoms with van der Waals surface area (Å²) in [5.74, 6) is 0.0417. The number of hydrogen-bond donors (Lipinski definition) is 0. The van der Waals surface area contributed by atoms with Crippen LogP contribution in [0.3, 0.4) is 0 Å². The zero-order valence-electron chi connectivity index (χ0n) is 8.45. The first kappa shape index (κ1) is 11.5. The van der Waals surface area contributed by atoms with Gasteiger partial charge in [0.15, 0.2) is 5.78 Å². The Kier molecular flexibility index (Phi) is 3.25. The zero-order chi connectivity index (χ0) is 11.7. The van der Waals surface area contributed by atoms with Crippen LogP contribution in [0.4, 0.5) is 0 Å². The number of nitrogens with zero attached hydrogens (tertiary/aromatic N) is 2. The maximum absolute atomic E-state index is 11.3. The fourth-order valence-corrected chi connectivity index (χ4v) is 2.31.